The number of aromatic nitrogens is 2. The third-order valence-electron chi connectivity index (χ3n) is 3.63. The highest BCUT2D eigenvalue weighted by Crippen LogP contribution is 2.25. The average molecular weight is 334 g/mol. The molecule has 0 bridgehead atoms. The molecule has 0 aliphatic heterocycles. The maximum atomic E-state index is 12.1. The first-order valence-electron chi connectivity index (χ1n) is 7.49. The van der Waals surface area contributed by atoms with Crippen LogP contribution in [0.15, 0.2) is 54.7 Å². The van der Waals surface area contributed by atoms with Crippen LogP contribution in [0.4, 0.5) is 11.4 Å². The Morgan fingerprint density at radius 1 is 1.16 bits per heavy atom. The molecule has 25 heavy (non-hydrogen) atoms. The smallest absolute Gasteiger partial charge is 0.274 e. The quantitative estimate of drug-likeness (QED) is 0.447. The number of nitrogens with one attached hydrogen (secondary N) is 1. The number of anilines is 1. The summed E-state index contributed by atoms with van der Waals surface area (Å²) in [5.74, 6) is -0.404. The van der Waals surface area contributed by atoms with Gasteiger partial charge in [-0.25, -0.2) is 4.98 Å². The van der Waals surface area contributed by atoms with Crippen molar-refractivity contribution in [3.05, 3.63) is 76.1 Å². The van der Waals surface area contributed by atoms with E-state index in [9.17, 15) is 14.9 Å². The first kappa shape index (κ1) is 16.3. The van der Waals surface area contributed by atoms with E-state index in [0.717, 1.165) is 11.0 Å². The second-order valence-electron chi connectivity index (χ2n) is 5.31. The van der Waals surface area contributed by atoms with Gasteiger partial charge in [-0.2, -0.15) is 0 Å². The Morgan fingerprint density at radius 3 is 2.68 bits per heavy atom. The molecule has 0 fully saturated rings. The van der Waals surface area contributed by atoms with Crippen LogP contribution in [-0.2, 0) is 4.79 Å². The Labute approximate surface area is 143 Å². The van der Waals surface area contributed by atoms with Crippen molar-refractivity contribution in [2.75, 3.05) is 5.32 Å². The molecule has 7 heteroatoms. The topological polar surface area (TPSA) is 98.0 Å². The van der Waals surface area contributed by atoms with Crippen LogP contribution in [-0.4, -0.2) is 20.8 Å². The summed E-state index contributed by atoms with van der Waals surface area (Å²) in [5, 5.41) is 13.6. The molecule has 124 valence electrons. The highest BCUT2D eigenvalue weighted by molar-refractivity contribution is 6.02. The third kappa shape index (κ3) is 3.66. The molecule has 0 radical (unpaired) electrons. The number of carbonyl (C=O) groups excluding carboxylic acids is 1. The molecule has 0 aliphatic rings. The van der Waals surface area contributed by atoms with Crippen molar-refractivity contribution in [2.45, 2.75) is 6.92 Å². The molecule has 1 heterocycles. The number of carbonyl (C=O) groups is 1. The second kappa shape index (κ2) is 6.88. The molecule has 1 aromatic heterocycles. The number of nitrogens with zero attached hydrogens (tertiary/aromatic N) is 3. The molecule has 0 aliphatic carbocycles. The molecular weight excluding hydrogens is 320 g/mol. The van der Waals surface area contributed by atoms with Gasteiger partial charge in [-0.05, 0) is 31.2 Å². The number of amides is 1. The first-order chi connectivity index (χ1) is 12.0. The molecule has 7 nitrogen and oxygen atoms in total. The number of hydrogen-bond acceptors (Lipinski definition) is 5. The lowest BCUT2D eigenvalue weighted by atomic mass is 10.1. The molecule has 0 saturated heterocycles. The second-order valence-corrected chi connectivity index (χ2v) is 5.31. The van der Waals surface area contributed by atoms with Crippen molar-refractivity contribution in [3.63, 3.8) is 0 Å². The fraction of sp³-hybridized carbons (Fsp3) is 0.0556. The molecule has 0 saturated carbocycles. The maximum absolute atomic E-state index is 12.1. The number of nitro benzene ring substituents is 1. The minimum absolute atomic E-state index is 0.0397. The van der Waals surface area contributed by atoms with Gasteiger partial charge in [0.1, 0.15) is 0 Å². The lowest BCUT2D eigenvalue weighted by Gasteiger charge is -2.06. The summed E-state index contributed by atoms with van der Waals surface area (Å²) in [6.07, 6.45) is 4.43. The van der Waals surface area contributed by atoms with E-state index in [-0.39, 0.29) is 5.69 Å². The van der Waals surface area contributed by atoms with Crippen LogP contribution in [0.3, 0.4) is 0 Å². The van der Waals surface area contributed by atoms with Crippen molar-refractivity contribution in [1.29, 1.82) is 0 Å². The van der Waals surface area contributed by atoms with Crippen LogP contribution < -0.4 is 5.32 Å². The maximum Gasteiger partial charge on any atom is 0.274 e. The molecule has 0 atom stereocenters. The highest BCUT2D eigenvalue weighted by Gasteiger charge is 2.13. The minimum Gasteiger partial charge on any atom is -0.322 e. The molecule has 3 rings (SSSR count). The van der Waals surface area contributed by atoms with Crippen molar-refractivity contribution < 1.29 is 9.72 Å². The zero-order valence-electron chi connectivity index (χ0n) is 13.3. The molecule has 0 unspecified atom stereocenters. The largest absolute Gasteiger partial charge is 0.322 e. The Hall–Kier alpha value is -3.61. The fourth-order valence-corrected chi connectivity index (χ4v) is 2.34. The van der Waals surface area contributed by atoms with Crippen LogP contribution in [0.25, 0.3) is 17.1 Å². The monoisotopic (exact) mass is 334 g/mol. The third-order valence-corrected chi connectivity index (χ3v) is 3.63. The Balaban J connectivity index is 1.76. The lowest BCUT2D eigenvalue weighted by Crippen LogP contribution is -2.09. The van der Waals surface area contributed by atoms with Gasteiger partial charge in [-0.3, -0.25) is 19.9 Å². The summed E-state index contributed by atoms with van der Waals surface area (Å²) in [4.78, 5) is 31.2. The number of fused-ring (bicyclic) bond motifs is 1. The van der Waals surface area contributed by atoms with Crippen molar-refractivity contribution in [3.8, 4) is 0 Å². The van der Waals surface area contributed by atoms with Gasteiger partial charge >= 0.3 is 0 Å². The van der Waals surface area contributed by atoms with Crippen LogP contribution in [0.5, 0.6) is 0 Å². The van der Waals surface area contributed by atoms with Crippen molar-refractivity contribution in [1.82, 2.24) is 9.97 Å². The summed E-state index contributed by atoms with van der Waals surface area (Å²) < 4.78 is 0. The van der Waals surface area contributed by atoms with Crippen LogP contribution in [0.2, 0.25) is 0 Å². The number of nitro groups is 1. The van der Waals surface area contributed by atoms with E-state index in [1.807, 2.05) is 24.3 Å². The zero-order chi connectivity index (χ0) is 17.8. The van der Waals surface area contributed by atoms with Gasteiger partial charge in [0.15, 0.2) is 0 Å². The molecule has 3 aromatic rings. The fourth-order valence-electron chi connectivity index (χ4n) is 2.34. The van der Waals surface area contributed by atoms with Gasteiger partial charge in [0.25, 0.3) is 5.69 Å². The summed E-state index contributed by atoms with van der Waals surface area (Å²) in [7, 11) is 0. The number of hydrogen-bond donors (Lipinski definition) is 1. The van der Waals surface area contributed by atoms with Crippen LogP contribution in [0, 0.1) is 17.0 Å². The number of rotatable bonds is 4. The van der Waals surface area contributed by atoms with Gasteiger partial charge in [0.05, 0.1) is 39.1 Å². The molecule has 0 spiro atoms. The predicted octanol–water partition coefficient (Wildman–Crippen LogP) is 3.50. The van der Waals surface area contributed by atoms with Crippen molar-refractivity contribution in [2.24, 2.45) is 0 Å². The number of para-hydroxylation sites is 2. The van der Waals surface area contributed by atoms with Gasteiger partial charge in [0.2, 0.25) is 5.91 Å². The normalized spacial score (nSPS) is 10.9. The van der Waals surface area contributed by atoms with Crippen LogP contribution >= 0.6 is 0 Å². The molecular formula is C18H14N4O3. The van der Waals surface area contributed by atoms with Gasteiger partial charge in [0, 0.05) is 12.1 Å². The average Bonchev–Trinajstić information content (AvgIpc) is 2.61. The van der Waals surface area contributed by atoms with Gasteiger partial charge in [-0.1, -0.05) is 18.2 Å². The van der Waals surface area contributed by atoms with E-state index >= 15 is 0 Å². The van der Waals surface area contributed by atoms with E-state index < -0.39 is 10.8 Å². The Morgan fingerprint density at radius 2 is 1.92 bits per heavy atom. The standard InChI is InChI=1S/C18H14N4O3/c1-12-14(7-4-8-17(12)22(24)25)21-18(23)10-9-13-11-19-15-5-2-3-6-16(15)20-13/h2-11H,1H3,(H,21,23)/b10-9+. The predicted molar refractivity (Wildman–Crippen MR) is 95.0 cm³/mol. The molecule has 1 N–H and O–H groups in total. The van der Waals surface area contributed by atoms with E-state index in [4.69, 9.17) is 0 Å². The zero-order valence-corrected chi connectivity index (χ0v) is 13.3. The Bertz CT molecular complexity index is 999. The Kier molecular flexibility index (Phi) is 4.47. The number of benzene rings is 2. The molecule has 2 aromatic carbocycles. The van der Waals surface area contributed by atoms with E-state index in [2.05, 4.69) is 15.3 Å². The first-order valence-corrected chi connectivity index (χ1v) is 7.49. The van der Waals surface area contributed by atoms with E-state index in [1.54, 1.807) is 25.3 Å². The van der Waals surface area contributed by atoms with Gasteiger partial charge in [-0.15, -0.1) is 0 Å². The summed E-state index contributed by atoms with van der Waals surface area (Å²) in [5.41, 5.74) is 2.82. The summed E-state index contributed by atoms with van der Waals surface area (Å²) in [6, 6.07) is 12.0. The lowest BCUT2D eigenvalue weighted by molar-refractivity contribution is -0.385. The van der Waals surface area contributed by atoms with E-state index in [0.29, 0.717) is 16.9 Å². The van der Waals surface area contributed by atoms with Crippen molar-refractivity contribution >= 4 is 34.4 Å². The van der Waals surface area contributed by atoms with E-state index in [1.165, 1.54) is 18.2 Å². The summed E-state index contributed by atoms with van der Waals surface area (Å²) >= 11 is 0. The minimum atomic E-state index is -0.481. The van der Waals surface area contributed by atoms with Crippen LogP contribution in [0.1, 0.15) is 11.3 Å². The van der Waals surface area contributed by atoms with Gasteiger partial charge < -0.3 is 5.32 Å². The molecule has 1 amide bonds. The highest BCUT2D eigenvalue weighted by atomic mass is 16.6. The summed E-state index contributed by atoms with van der Waals surface area (Å²) in [6.45, 7) is 1.59. The SMILES string of the molecule is Cc1c(NC(=O)/C=C/c2cnc3ccccc3n2)cccc1[N+](=O)[O-].